The molecule has 0 unspecified atom stereocenters. The third-order valence-corrected chi connectivity index (χ3v) is 10.2. The summed E-state index contributed by atoms with van der Waals surface area (Å²) in [5, 5.41) is 42.0. The van der Waals surface area contributed by atoms with Crippen LogP contribution in [0.5, 0.6) is 0 Å². The Hall–Kier alpha value is -1.03. The second kappa shape index (κ2) is 21.8. The van der Waals surface area contributed by atoms with Gasteiger partial charge in [0.1, 0.15) is 6.10 Å². The van der Waals surface area contributed by atoms with Gasteiger partial charge in [0, 0.05) is 5.57 Å². The highest BCUT2D eigenvalue weighted by molar-refractivity contribution is 5.90. The second-order valence-corrected chi connectivity index (χ2v) is 14.2. The smallest absolute Gasteiger partial charge is 0.334 e. The SMILES string of the molecule is CCCCCCCCCC[C@@H](O)[C@H]1CC[C@H]([C@H]2CC[C@H]([C@H](O)CCCCCCCC[C@H](O)[C@H](O)CCC3=C[C@H](C)OC3=O)O2)O1. The van der Waals surface area contributed by atoms with Crippen molar-refractivity contribution in [3.8, 4) is 0 Å². The van der Waals surface area contributed by atoms with Gasteiger partial charge < -0.3 is 34.6 Å². The molecule has 0 aromatic rings. The lowest BCUT2D eigenvalue weighted by molar-refractivity contribution is -0.139. The van der Waals surface area contributed by atoms with Crippen LogP contribution in [0.3, 0.4) is 0 Å². The third-order valence-electron chi connectivity index (χ3n) is 10.2. The van der Waals surface area contributed by atoms with Crippen molar-refractivity contribution < 1.29 is 39.4 Å². The van der Waals surface area contributed by atoms with Gasteiger partial charge in [-0.3, -0.25) is 0 Å². The number of aliphatic hydroxyl groups excluding tert-OH is 4. The van der Waals surface area contributed by atoms with E-state index in [2.05, 4.69) is 6.92 Å². The number of carbonyl (C=O) groups is 1. The van der Waals surface area contributed by atoms with Crippen LogP contribution in [-0.2, 0) is 19.0 Å². The zero-order chi connectivity index (χ0) is 32.4. The highest BCUT2D eigenvalue weighted by Gasteiger charge is 2.40. The highest BCUT2D eigenvalue weighted by atomic mass is 16.6. The van der Waals surface area contributed by atoms with E-state index in [1.165, 1.54) is 44.9 Å². The standard InChI is InChI=1S/C37H66O8/c1-3-4-5-6-7-8-12-15-18-31(40)33-22-24-35(44-33)36-25-23-34(45-36)32(41)19-16-13-10-9-11-14-17-29(38)30(39)21-20-28-26-27(2)43-37(28)42/h26-27,29-36,38-41H,3-25H2,1-2H3/t27-,29-,30+,31+,32+,33+,34+,35+,36+/m0/s1. The van der Waals surface area contributed by atoms with Gasteiger partial charge in [-0.1, -0.05) is 96.8 Å². The number of esters is 1. The summed E-state index contributed by atoms with van der Waals surface area (Å²) in [6.45, 7) is 4.06. The number of hydrogen-bond acceptors (Lipinski definition) is 8. The molecule has 3 aliphatic rings. The molecule has 3 rings (SSSR count). The maximum atomic E-state index is 11.7. The monoisotopic (exact) mass is 638 g/mol. The predicted molar refractivity (Wildman–Crippen MR) is 177 cm³/mol. The van der Waals surface area contributed by atoms with Crippen molar-refractivity contribution >= 4 is 5.97 Å². The quantitative estimate of drug-likeness (QED) is 0.0634. The third kappa shape index (κ3) is 14.3. The number of aliphatic hydroxyl groups is 4. The van der Waals surface area contributed by atoms with E-state index in [0.29, 0.717) is 24.8 Å². The van der Waals surface area contributed by atoms with Gasteiger partial charge >= 0.3 is 5.97 Å². The fourth-order valence-electron chi connectivity index (χ4n) is 7.27. The zero-order valence-corrected chi connectivity index (χ0v) is 28.5. The Morgan fingerprint density at radius 3 is 1.56 bits per heavy atom. The van der Waals surface area contributed by atoms with E-state index in [1.807, 2.05) is 6.92 Å². The summed E-state index contributed by atoms with van der Waals surface area (Å²) in [5.41, 5.74) is 0.592. The summed E-state index contributed by atoms with van der Waals surface area (Å²) in [7, 11) is 0. The number of unbranched alkanes of at least 4 members (excludes halogenated alkanes) is 12. The minimum atomic E-state index is -0.828. The summed E-state index contributed by atoms with van der Waals surface area (Å²) >= 11 is 0. The van der Waals surface area contributed by atoms with Crippen molar-refractivity contribution in [2.75, 3.05) is 0 Å². The van der Waals surface area contributed by atoms with Crippen LogP contribution in [0.25, 0.3) is 0 Å². The molecule has 9 atom stereocenters. The lowest BCUT2D eigenvalue weighted by Gasteiger charge is -2.24. The van der Waals surface area contributed by atoms with Crippen LogP contribution < -0.4 is 0 Å². The topological polar surface area (TPSA) is 126 Å². The molecule has 45 heavy (non-hydrogen) atoms. The first-order valence-corrected chi connectivity index (χ1v) is 18.7. The van der Waals surface area contributed by atoms with Crippen molar-refractivity contribution in [2.45, 2.75) is 216 Å². The molecule has 0 spiro atoms. The highest BCUT2D eigenvalue weighted by Crippen LogP contribution is 2.34. The summed E-state index contributed by atoms with van der Waals surface area (Å²) in [5.74, 6) is -0.315. The molecule has 0 amide bonds. The van der Waals surface area contributed by atoms with Crippen LogP contribution in [0.1, 0.15) is 162 Å². The molecule has 0 aromatic heterocycles. The summed E-state index contributed by atoms with van der Waals surface area (Å²) in [6.07, 6.45) is 21.8. The van der Waals surface area contributed by atoms with Gasteiger partial charge in [-0.15, -0.1) is 0 Å². The van der Waals surface area contributed by atoms with Crippen molar-refractivity contribution in [1.82, 2.24) is 0 Å². The zero-order valence-electron chi connectivity index (χ0n) is 28.5. The van der Waals surface area contributed by atoms with E-state index in [1.54, 1.807) is 6.08 Å². The molecular weight excluding hydrogens is 572 g/mol. The van der Waals surface area contributed by atoms with Gasteiger partial charge in [0.2, 0.25) is 0 Å². The maximum absolute atomic E-state index is 11.7. The Bertz CT molecular complexity index is 833. The van der Waals surface area contributed by atoms with Crippen LogP contribution in [-0.4, -0.2) is 81.3 Å². The molecule has 0 saturated carbocycles. The van der Waals surface area contributed by atoms with E-state index in [9.17, 15) is 25.2 Å². The van der Waals surface area contributed by atoms with Crippen molar-refractivity contribution in [3.63, 3.8) is 0 Å². The normalized spacial score (nSPS) is 27.8. The van der Waals surface area contributed by atoms with Crippen LogP contribution in [0.15, 0.2) is 11.6 Å². The van der Waals surface area contributed by atoms with E-state index in [4.69, 9.17) is 14.2 Å². The molecule has 262 valence electrons. The minimum Gasteiger partial charge on any atom is -0.455 e. The Kier molecular flexibility index (Phi) is 18.6. The Balaban J connectivity index is 1.15. The molecule has 3 heterocycles. The Morgan fingerprint density at radius 1 is 0.644 bits per heavy atom. The largest absolute Gasteiger partial charge is 0.455 e. The molecule has 3 aliphatic heterocycles. The van der Waals surface area contributed by atoms with E-state index >= 15 is 0 Å². The summed E-state index contributed by atoms with van der Waals surface area (Å²) < 4.78 is 17.6. The lowest BCUT2D eigenvalue weighted by atomic mass is 9.98. The molecule has 0 aromatic carbocycles. The fourth-order valence-corrected chi connectivity index (χ4v) is 7.27. The lowest BCUT2D eigenvalue weighted by Crippen LogP contribution is -2.33. The van der Waals surface area contributed by atoms with E-state index < -0.39 is 18.3 Å². The number of hydrogen-bond donors (Lipinski definition) is 4. The van der Waals surface area contributed by atoms with Crippen LogP contribution in [0.4, 0.5) is 0 Å². The van der Waals surface area contributed by atoms with Gasteiger partial charge in [-0.05, 0) is 70.8 Å². The fraction of sp³-hybridized carbons (Fsp3) is 0.919. The molecular formula is C37H66O8. The molecule has 8 heteroatoms. The van der Waals surface area contributed by atoms with E-state index in [0.717, 1.165) is 83.5 Å². The average Bonchev–Trinajstić information content (AvgIpc) is 3.78. The Morgan fingerprint density at radius 2 is 1.09 bits per heavy atom. The first-order valence-electron chi connectivity index (χ1n) is 18.7. The molecule has 4 N–H and O–H groups in total. The summed E-state index contributed by atoms with van der Waals surface area (Å²) in [4.78, 5) is 11.7. The molecule has 8 nitrogen and oxygen atoms in total. The summed E-state index contributed by atoms with van der Waals surface area (Å²) in [6, 6.07) is 0. The number of rotatable bonds is 25. The van der Waals surface area contributed by atoms with Crippen molar-refractivity contribution in [2.24, 2.45) is 0 Å². The Labute approximate surface area is 273 Å². The maximum Gasteiger partial charge on any atom is 0.334 e. The van der Waals surface area contributed by atoms with Gasteiger partial charge in [0.05, 0.1) is 48.8 Å². The van der Waals surface area contributed by atoms with Gasteiger partial charge in [0.25, 0.3) is 0 Å². The van der Waals surface area contributed by atoms with E-state index in [-0.39, 0.29) is 42.6 Å². The number of cyclic esters (lactones) is 1. The first kappa shape index (κ1) is 38.4. The number of carbonyl (C=O) groups excluding carboxylic acids is 1. The van der Waals surface area contributed by atoms with Crippen LogP contribution in [0.2, 0.25) is 0 Å². The molecule has 0 aliphatic carbocycles. The molecule has 2 fully saturated rings. The molecule has 0 radical (unpaired) electrons. The average molecular weight is 639 g/mol. The minimum absolute atomic E-state index is 0.0267. The predicted octanol–water partition coefficient (Wildman–Crippen LogP) is 6.83. The molecule has 0 bridgehead atoms. The van der Waals surface area contributed by atoms with Crippen molar-refractivity contribution in [1.29, 1.82) is 0 Å². The van der Waals surface area contributed by atoms with Crippen LogP contribution in [0, 0.1) is 0 Å². The van der Waals surface area contributed by atoms with Gasteiger partial charge in [-0.25, -0.2) is 4.79 Å². The van der Waals surface area contributed by atoms with Gasteiger partial charge in [-0.2, -0.15) is 0 Å². The number of ether oxygens (including phenoxy) is 3. The second-order valence-electron chi connectivity index (χ2n) is 14.2. The van der Waals surface area contributed by atoms with Crippen molar-refractivity contribution in [3.05, 3.63) is 11.6 Å². The van der Waals surface area contributed by atoms with Gasteiger partial charge in [0.15, 0.2) is 0 Å². The first-order chi connectivity index (χ1) is 21.8. The van der Waals surface area contributed by atoms with Crippen LogP contribution >= 0.6 is 0 Å². The molecule has 2 saturated heterocycles.